The molecule has 0 bridgehead atoms. The predicted molar refractivity (Wildman–Crippen MR) is 75.7 cm³/mol. The summed E-state index contributed by atoms with van der Waals surface area (Å²) in [7, 11) is 1.59. The third kappa shape index (κ3) is 2.84. The second-order valence-corrected chi connectivity index (χ2v) is 4.28. The number of rotatable bonds is 5. The Morgan fingerprint density at radius 2 is 2.40 bits per heavy atom. The van der Waals surface area contributed by atoms with Crippen LogP contribution in [0.4, 0.5) is 5.69 Å². The third-order valence-electron chi connectivity index (χ3n) is 2.99. The Labute approximate surface area is 117 Å². The lowest BCUT2D eigenvalue weighted by atomic mass is 10.1. The van der Waals surface area contributed by atoms with Gasteiger partial charge in [0.15, 0.2) is 6.61 Å². The van der Waals surface area contributed by atoms with E-state index in [0.29, 0.717) is 30.3 Å². The van der Waals surface area contributed by atoms with Crippen LogP contribution in [0.5, 0.6) is 5.75 Å². The Morgan fingerprint density at radius 1 is 1.60 bits per heavy atom. The van der Waals surface area contributed by atoms with Crippen molar-refractivity contribution >= 4 is 17.3 Å². The van der Waals surface area contributed by atoms with Gasteiger partial charge in [0.05, 0.1) is 18.0 Å². The molecular weight excluding hydrogens is 260 g/mol. The Bertz CT molecular complexity index is 530. The molecule has 20 heavy (non-hydrogen) atoms. The maximum atomic E-state index is 11.9. The van der Waals surface area contributed by atoms with E-state index in [1.807, 2.05) is 6.07 Å². The molecule has 7 nitrogen and oxygen atoms in total. The molecule has 1 aliphatic rings. The van der Waals surface area contributed by atoms with Gasteiger partial charge >= 0.3 is 0 Å². The standard InChI is InChI=1S/C13H18N4O3/c1-19-5-4-17-11-6-9(10(14)7-16-15)2-3-12(11)20-8-13(17)18/h2-3,6-7,16H,4-5,8,14-15H2,1H3/b10-7-. The van der Waals surface area contributed by atoms with Gasteiger partial charge in [0.1, 0.15) is 5.75 Å². The molecule has 7 heteroatoms. The van der Waals surface area contributed by atoms with E-state index < -0.39 is 0 Å². The fourth-order valence-corrected chi connectivity index (χ4v) is 1.98. The molecule has 1 aromatic carbocycles. The van der Waals surface area contributed by atoms with Gasteiger partial charge < -0.3 is 25.5 Å². The zero-order valence-corrected chi connectivity index (χ0v) is 11.3. The molecule has 0 atom stereocenters. The molecule has 0 unspecified atom stereocenters. The lowest BCUT2D eigenvalue weighted by Crippen LogP contribution is -2.40. The molecule has 1 amide bonds. The summed E-state index contributed by atoms with van der Waals surface area (Å²) in [5.74, 6) is 5.75. The minimum absolute atomic E-state index is 0.0335. The fourth-order valence-electron chi connectivity index (χ4n) is 1.98. The molecule has 0 saturated carbocycles. The number of benzene rings is 1. The Balaban J connectivity index is 2.35. The van der Waals surface area contributed by atoms with Crippen LogP contribution >= 0.6 is 0 Å². The summed E-state index contributed by atoms with van der Waals surface area (Å²) in [6, 6.07) is 5.39. The number of nitrogens with zero attached hydrogens (tertiary/aromatic N) is 1. The van der Waals surface area contributed by atoms with Crippen LogP contribution in [0.25, 0.3) is 5.70 Å². The van der Waals surface area contributed by atoms with Crippen LogP contribution in [0.3, 0.4) is 0 Å². The molecule has 108 valence electrons. The molecule has 1 aromatic rings. The highest BCUT2D eigenvalue weighted by Crippen LogP contribution is 2.33. The first-order valence-electron chi connectivity index (χ1n) is 6.15. The maximum absolute atomic E-state index is 11.9. The third-order valence-corrected chi connectivity index (χ3v) is 2.99. The predicted octanol–water partition coefficient (Wildman–Crippen LogP) is -0.221. The summed E-state index contributed by atoms with van der Waals surface area (Å²) in [4.78, 5) is 13.6. The van der Waals surface area contributed by atoms with Crippen LogP contribution in [-0.2, 0) is 9.53 Å². The number of carbonyl (C=O) groups is 1. The van der Waals surface area contributed by atoms with Crippen molar-refractivity contribution in [1.29, 1.82) is 0 Å². The van der Waals surface area contributed by atoms with E-state index in [1.54, 1.807) is 24.1 Å². The first-order chi connectivity index (χ1) is 9.67. The van der Waals surface area contributed by atoms with Crippen molar-refractivity contribution in [1.82, 2.24) is 5.43 Å². The Morgan fingerprint density at radius 3 is 3.10 bits per heavy atom. The zero-order chi connectivity index (χ0) is 14.5. The van der Waals surface area contributed by atoms with Crippen LogP contribution in [-0.4, -0.2) is 32.8 Å². The number of methoxy groups -OCH3 is 1. The van der Waals surface area contributed by atoms with Crippen molar-refractivity contribution in [3.8, 4) is 5.75 Å². The van der Waals surface area contributed by atoms with E-state index >= 15 is 0 Å². The fraction of sp³-hybridized carbons (Fsp3) is 0.308. The quantitative estimate of drug-likeness (QED) is 0.508. The molecule has 1 aliphatic heterocycles. The molecule has 5 N–H and O–H groups in total. The van der Waals surface area contributed by atoms with E-state index in [1.165, 1.54) is 6.20 Å². The van der Waals surface area contributed by atoms with Crippen molar-refractivity contribution in [2.75, 3.05) is 31.8 Å². The SMILES string of the molecule is COCCN1C(=O)COc2ccc(/C(N)=C/NN)cc21. The molecule has 0 aromatic heterocycles. The van der Waals surface area contributed by atoms with Gasteiger partial charge in [-0.15, -0.1) is 0 Å². The highest BCUT2D eigenvalue weighted by atomic mass is 16.5. The van der Waals surface area contributed by atoms with Crippen LogP contribution in [0.15, 0.2) is 24.4 Å². The van der Waals surface area contributed by atoms with Gasteiger partial charge in [-0.25, -0.2) is 0 Å². The highest BCUT2D eigenvalue weighted by molar-refractivity contribution is 5.98. The summed E-state index contributed by atoms with van der Waals surface area (Å²) >= 11 is 0. The maximum Gasteiger partial charge on any atom is 0.265 e. The van der Waals surface area contributed by atoms with Crippen molar-refractivity contribution in [3.63, 3.8) is 0 Å². The summed E-state index contributed by atoms with van der Waals surface area (Å²) in [5, 5.41) is 0. The molecule has 1 heterocycles. The van der Waals surface area contributed by atoms with E-state index in [4.69, 9.17) is 21.1 Å². The van der Waals surface area contributed by atoms with E-state index in [-0.39, 0.29) is 12.5 Å². The van der Waals surface area contributed by atoms with Crippen LogP contribution in [0.1, 0.15) is 5.56 Å². The van der Waals surface area contributed by atoms with Crippen LogP contribution in [0, 0.1) is 0 Å². The van der Waals surface area contributed by atoms with Crippen LogP contribution < -0.4 is 26.6 Å². The first-order valence-corrected chi connectivity index (χ1v) is 6.15. The second kappa shape index (κ2) is 6.27. The molecule has 0 saturated heterocycles. The average molecular weight is 278 g/mol. The van der Waals surface area contributed by atoms with Gasteiger partial charge in [-0.2, -0.15) is 0 Å². The number of carbonyl (C=O) groups excluding carboxylic acids is 1. The topological polar surface area (TPSA) is 103 Å². The number of amides is 1. The van der Waals surface area contributed by atoms with E-state index in [9.17, 15) is 4.79 Å². The van der Waals surface area contributed by atoms with Gasteiger partial charge in [0.25, 0.3) is 5.91 Å². The monoisotopic (exact) mass is 278 g/mol. The smallest absolute Gasteiger partial charge is 0.265 e. The molecule has 0 fully saturated rings. The number of anilines is 1. The summed E-state index contributed by atoms with van der Waals surface area (Å²) < 4.78 is 10.4. The second-order valence-electron chi connectivity index (χ2n) is 4.28. The Hall–Kier alpha value is -2.25. The zero-order valence-electron chi connectivity index (χ0n) is 11.3. The molecule has 0 radical (unpaired) electrons. The van der Waals surface area contributed by atoms with Crippen molar-refractivity contribution in [2.24, 2.45) is 11.6 Å². The van der Waals surface area contributed by atoms with Crippen molar-refractivity contribution in [2.45, 2.75) is 0 Å². The Kier molecular flexibility index (Phi) is 4.44. The number of hydrogen-bond donors (Lipinski definition) is 3. The molecule has 0 spiro atoms. The largest absolute Gasteiger partial charge is 0.482 e. The normalized spacial score (nSPS) is 14.8. The lowest BCUT2D eigenvalue weighted by molar-refractivity contribution is -0.121. The van der Waals surface area contributed by atoms with Gasteiger partial charge in [-0.05, 0) is 18.2 Å². The van der Waals surface area contributed by atoms with E-state index in [2.05, 4.69) is 5.43 Å². The summed E-state index contributed by atoms with van der Waals surface area (Å²) in [6.07, 6.45) is 1.48. The highest BCUT2D eigenvalue weighted by Gasteiger charge is 2.25. The average Bonchev–Trinajstić information content (AvgIpc) is 2.46. The van der Waals surface area contributed by atoms with Crippen LogP contribution in [0.2, 0.25) is 0 Å². The minimum atomic E-state index is -0.105. The van der Waals surface area contributed by atoms with Crippen molar-refractivity contribution < 1.29 is 14.3 Å². The number of hydrazine groups is 1. The molecular formula is C13H18N4O3. The minimum Gasteiger partial charge on any atom is -0.482 e. The van der Waals surface area contributed by atoms with Gasteiger partial charge in [-0.3, -0.25) is 10.6 Å². The summed E-state index contributed by atoms with van der Waals surface area (Å²) in [6.45, 7) is 0.949. The number of nitrogens with two attached hydrogens (primary N) is 2. The van der Waals surface area contributed by atoms with E-state index in [0.717, 1.165) is 5.56 Å². The number of fused-ring (bicyclic) bond motifs is 1. The molecule has 2 rings (SSSR count). The number of hydrogen-bond acceptors (Lipinski definition) is 6. The number of nitrogens with one attached hydrogen (secondary N) is 1. The van der Waals surface area contributed by atoms with Gasteiger partial charge in [0.2, 0.25) is 0 Å². The first kappa shape index (κ1) is 14.2. The number of ether oxygens (including phenoxy) is 2. The lowest BCUT2D eigenvalue weighted by Gasteiger charge is -2.29. The molecule has 0 aliphatic carbocycles. The van der Waals surface area contributed by atoms with Gasteiger partial charge in [0, 0.05) is 25.4 Å². The van der Waals surface area contributed by atoms with Crippen molar-refractivity contribution in [3.05, 3.63) is 30.0 Å². The van der Waals surface area contributed by atoms with Gasteiger partial charge in [-0.1, -0.05) is 0 Å². The summed E-state index contributed by atoms with van der Waals surface area (Å²) in [5.41, 5.74) is 10.2.